The molecule has 114 valence electrons. The van der Waals surface area contributed by atoms with Crippen molar-refractivity contribution >= 4 is 11.7 Å². The Kier molecular flexibility index (Phi) is 4.11. The molecule has 1 saturated heterocycles. The molecule has 0 bridgehead atoms. The number of anilines is 1. The standard InChI is InChI=1S/C16H16FN3O2/c17-13-3-1-12(2-4-13)16(5-9-22-10-6-16)15(21)20-14-11-18-7-8-19-14/h1-4,7-8,11H,5-6,9-10H2,(H,19,20,21). The lowest BCUT2D eigenvalue weighted by Gasteiger charge is -2.36. The lowest BCUT2D eigenvalue weighted by atomic mass is 9.73. The Hall–Kier alpha value is -2.34. The second kappa shape index (κ2) is 6.19. The molecule has 0 saturated carbocycles. The van der Waals surface area contributed by atoms with Gasteiger partial charge in [-0.2, -0.15) is 0 Å². The number of carbonyl (C=O) groups is 1. The van der Waals surface area contributed by atoms with Crippen molar-refractivity contribution in [1.82, 2.24) is 9.97 Å². The third-order valence-corrected chi connectivity index (χ3v) is 3.98. The summed E-state index contributed by atoms with van der Waals surface area (Å²) in [7, 11) is 0. The minimum absolute atomic E-state index is 0.164. The van der Waals surface area contributed by atoms with E-state index in [-0.39, 0.29) is 11.7 Å². The maximum absolute atomic E-state index is 13.2. The maximum atomic E-state index is 13.2. The fraction of sp³-hybridized carbons (Fsp3) is 0.312. The van der Waals surface area contributed by atoms with Crippen LogP contribution in [0.5, 0.6) is 0 Å². The highest BCUT2D eigenvalue weighted by Crippen LogP contribution is 2.36. The summed E-state index contributed by atoms with van der Waals surface area (Å²) in [6.07, 6.45) is 5.65. The minimum atomic E-state index is -0.733. The smallest absolute Gasteiger partial charge is 0.236 e. The fourth-order valence-electron chi connectivity index (χ4n) is 2.74. The molecular weight excluding hydrogens is 285 g/mol. The molecule has 0 spiro atoms. The molecule has 0 aliphatic carbocycles. The first-order valence-corrected chi connectivity index (χ1v) is 7.12. The lowest BCUT2D eigenvalue weighted by molar-refractivity contribution is -0.125. The van der Waals surface area contributed by atoms with E-state index in [0.717, 1.165) is 5.56 Å². The average molecular weight is 301 g/mol. The van der Waals surface area contributed by atoms with E-state index in [2.05, 4.69) is 15.3 Å². The van der Waals surface area contributed by atoms with Gasteiger partial charge < -0.3 is 10.1 Å². The first-order chi connectivity index (χ1) is 10.7. The second-order valence-electron chi connectivity index (χ2n) is 5.25. The van der Waals surface area contributed by atoms with Crippen LogP contribution in [0, 0.1) is 5.82 Å². The number of hydrogen-bond acceptors (Lipinski definition) is 4. The summed E-state index contributed by atoms with van der Waals surface area (Å²) in [5, 5.41) is 2.80. The molecule has 1 N–H and O–H groups in total. The first kappa shape index (κ1) is 14.6. The van der Waals surface area contributed by atoms with Crippen LogP contribution in [0.4, 0.5) is 10.2 Å². The van der Waals surface area contributed by atoms with Crippen molar-refractivity contribution in [3.63, 3.8) is 0 Å². The molecule has 0 atom stereocenters. The monoisotopic (exact) mass is 301 g/mol. The number of amides is 1. The van der Waals surface area contributed by atoms with Crippen LogP contribution < -0.4 is 5.32 Å². The molecule has 1 fully saturated rings. The van der Waals surface area contributed by atoms with Crippen LogP contribution in [-0.2, 0) is 14.9 Å². The molecule has 1 aromatic heterocycles. The highest BCUT2D eigenvalue weighted by Gasteiger charge is 2.41. The van der Waals surface area contributed by atoms with Crippen molar-refractivity contribution < 1.29 is 13.9 Å². The van der Waals surface area contributed by atoms with E-state index >= 15 is 0 Å². The molecular formula is C16H16FN3O2. The third kappa shape index (κ3) is 2.82. The molecule has 6 heteroatoms. The number of nitrogens with one attached hydrogen (secondary N) is 1. The number of benzene rings is 1. The molecule has 1 aliphatic rings. The van der Waals surface area contributed by atoms with Crippen molar-refractivity contribution in [3.8, 4) is 0 Å². The van der Waals surface area contributed by atoms with E-state index in [4.69, 9.17) is 4.74 Å². The number of nitrogens with zero attached hydrogens (tertiary/aromatic N) is 2. The van der Waals surface area contributed by atoms with Crippen LogP contribution >= 0.6 is 0 Å². The van der Waals surface area contributed by atoms with Gasteiger partial charge in [0.1, 0.15) is 5.82 Å². The minimum Gasteiger partial charge on any atom is -0.381 e. The molecule has 22 heavy (non-hydrogen) atoms. The van der Waals surface area contributed by atoms with Crippen molar-refractivity contribution in [2.24, 2.45) is 0 Å². The van der Waals surface area contributed by atoms with Crippen LogP contribution in [0.15, 0.2) is 42.9 Å². The normalized spacial score (nSPS) is 17.0. The van der Waals surface area contributed by atoms with Crippen molar-refractivity contribution in [2.45, 2.75) is 18.3 Å². The van der Waals surface area contributed by atoms with E-state index in [9.17, 15) is 9.18 Å². The summed E-state index contributed by atoms with van der Waals surface area (Å²) in [6, 6.07) is 6.08. The van der Waals surface area contributed by atoms with E-state index in [1.54, 1.807) is 18.3 Å². The van der Waals surface area contributed by atoms with Gasteiger partial charge in [-0.1, -0.05) is 12.1 Å². The molecule has 5 nitrogen and oxygen atoms in total. The van der Waals surface area contributed by atoms with Gasteiger partial charge in [0.15, 0.2) is 5.82 Å². The molecule has 0 radical (unpaired) electrons. The van der Waals surface area contributed by atoms with Gasteiger partial charge in [-0.15, -0.1) is 0 Å². The Labute approximate surface area is 127 Å². The Morgan fingerprint density at radius 3 is 2.55 bits per heavy atom. The number of ether oxygens (including phenoxy) is 1. The highest BCUT2D eigenvalue weighted by molar-refractivity contribution is 5.98. The maximum Gasteiger partial charge on any atom is 0.236 e. The summed E-state index contributed by atoms with van der Waals surface area (Å²) < 4.78 is 18.6. The summed E-state index contributed by atoms with van der Waals surface area (Å²) in [4.78, 5) is 20.9. The molecule has 0 unspecified atom stereocenters. The number of halogens is 1. The van der Waals surface area contributed by atoms with Gasteiger partial charge in [-0.25, -0.2) is 9.37 Å². The summed E-state index contributed by atoms with van der Waals surface area (Å²) in [5.41, 5.74) is 0.0577. The fourth-order valence-corrected chi connectivity index (χ4v) is 2.74. The Morgan fingerprint density at radius 2 is 1.91 bits per heavy atom. The largest absolute Gasteiger partial charge is 0.381 e. The van der Waals surface area contributed by atoms with Gasteiger partial charge in [-0.05, 0) is 30.5 Å². The zero-order valence-electron chi connectivity index (χ0n) is 12.0. The zero-order chi connectivity index (χ0) is 15.4. The Balaban J connectivity index is 1.91. The number of aromatic nitrogens is 2. The van der Waals surface area contributed by atoms with Crippen LogP contribution in [0.1, 0.15) is 18.4 Å². The average Bonchev–Trinajstić information content (AvgIpc) is 2.57. The second-order valence-corrected chi connectivity index (χ2v) is 5.25. The first-order valence-electron chi connectivity index (χ1n) is 7.12. The predicted molar refractivity (Wildman–Crippen MR) is 78.8 cm³/mol. The zero-order valence-corrected chi connectivity index (χ0v) is 12.0. The molecule has 1 aliphatic heterocycles. The summed E-state index contributed by atoms with van der Waals surface area (Å²) >= 11 is 0. The van der Waals surface area contributed by atoms with Crippen molar-refractivity contribution in [3.05, 3.63) is 54.2 Å². The van der Waals surface area contributed by atoms with Crippen LogP contribution in [-0.4, -0.2) is 29.1 Å². The van der Waals surface area contributed by atoms with E-state index < -0.39 is 5.41 Å². The van der Waals surface area contributed by atoms with Crippen molar-refractivity contribution in [1.29, 1.82) is 0 Å². The van der Waals surface area contributed by atoms with Crippen LogP contribution in [0.3, 0.4) is 0 Å². The number of hydrogen-bond donors (Lipinski definition) is 1. The molecule has 3 rings (SSSR count). The quantitative estimate of drug-likeness (QED) is 0.945. The van der Waals surface area contributed by atoms with Gasteiger partial charge in [0, 0.05) is 25.6 Å². The van der Waals surface area contributed by atoms with Gasteiger partial charge in [0.25, 0.3) is 0 Å². The van der Waals surface area contributed by atoms with Gasteiger partial charge in [0.2, 0.25) is 5.91 Å². The Morgan fingerprint density at radius 1 is 1.18 bits per heavy atom. The molecule has 2 aromatic rings. The van der Waals surface area contributed by atoms with E-state index in [0.29, 0.717) is 31.9 Å². The van der Waals surface area contributed by atoms with Crippen LogP contribution in [0.25, 0.3) is 0 Å². The third-order valence-electron chi connectivity index (χ3n) is 3.98. The lowest BCUT2D eigenvalue weighted by Crippen LogP contribution is -2.45. The van der Waals surface area contributed by atoms with Gasteiger partial charge >= 0.3 is 0 Å². The summed E-state index contributed by atoms with van der Waals surface area (Å²) in [6.45, 7) is 0.983. The molecule has 1 aromatic carbocycles. The van der Waals surface area contributed by atoms with Gasteiger partial charge in [0.05, 0.1) is 11.6 Å². The number of rotatable bonds is 3. The SMILES string of the molecule is O=C(Nc1cnccn1)C1(c2ccc(F)cc2)CCOCC1. The number of carbonyl (C=O) groups excluding carboxylic acids is 1. The summed E-state index contributed by atoms with van der Waals surface area (Å²) in [5.74, 6) is -0.0799. The van der Waals surface area contributed by atoms with Crippen LogP contribution in [0.2, 0.25) is 0 Å². The predicted octanol–water partition coefficient (Wildman–Crippen LogP) is 2.30. The topological polar surface area (TPSA) is 64.1 Å². The molecule has 1 amide bonds. The van der Waals surface area contributed by atoms with Crippen molar-refractivity contribution in [2.75, 3.05) is 18.5 Å². The highest BCUT2D eigenvalue weighted by atomic mass is 19.1. The Bertz CT molecular complexity index is 640. The van der Waals surface area contributed by atoms with E-state index in [1.807, 2.05) is 0 Å². The molecule has 2 heterocycles. The van der Waals surface area contributed by atoms with E-state index in [1.165, 1.54) is 24.5 Å². The van der Waals surface area contributed by atoms with Gasteiger partial charge in [-0.3, -0.25) is 9.78 Å².